The normalized spacial score (nSPS) is 10.8. The molecule has 1 N–H and O–H groups in total. The molecule has 1 aromatic carbocycles. The summed E-state index contributed by atoms with van der Waals surface area (Å²) in [7, 11) is 0. The molecular formula is C14H10INOS2. The monoisotopic (exact) mass is 399 g/mol. The van der Waals surface area contributed by atoms with Crippen LogP contribution in [-0.4, -0.2) is 5.91 Å². The number of nitrogens with one attached hydrogen (secondary N) is 1. The second kappa shape index (κ2) is 5.22. The predicted octanol–water partition coefficient (Wildman–Crippen LogP) is 5.13. The molecular weight excluding hydrogens is 389 g/mol. The summed E-state index contributed by atoms with van der Waals surface area (Å²) in [6.45, 7) is 2.06. The van der Waals surface area contributed by atoms with Gasteiger partial charge in [0.1, 0.15) is 0 Å². The average Bonchev–Trinajstić information content (AvgIpc) is 2.94. The summed E-state index contributed by atoms with van der Waals surface area (Å²) in [4.78, 5) is 12.9. The Morgan fingerprint density at radius 1 is 1.21 bits per heavy atom. The molecule has 0 atom stereocenters. The Bertz CT molecular complexity index is 731. The number of benzene rings is 1. The Labute approximate surface area is 132 Å². The highest BCUT2D eigenvalue weighted by Crippen LogP contribution is 2.30. The van der Waals surface area contributed by atoms with Crippen LogP contribution in [0, 0.1) is 10.5 Å². The summed E-state index contributed by atoms with van der Waals surface area (Å²) in [6.07, 6.45) is 0. The van der Waals surface area contributed by atoms with E-state index in [9.17, 15) is 4.79 Å². The summed E-state index contributed by atoms with van der Waals surface area (Å²) in [5.41, 5.74) is 2.06. The number of carbonyl (C=O) groups excluding carboxylic acids is 1. The first-order chi connectivity index (χ1) is 9.13. The van der Waals surface area contributed by atoms with E-state index >= 15 is 0 Å². The van der Waals surface area contributed by atoms with Gasteiger partial charge in [-0.1, -0.05) is 6.07 Å². The molecule has 0 aliphatic carbocycles. The van der Waals surface area contributed by atoms with Gasteiger partial charge in [-0.3, -0.25) is 4.79 Å². The third-order valence-corrected chi connectivity index (χ3v) is 6.05. The van der Waals surface area contributed by atoms with E-state index in [1.807, 2.05) is 29.6 Å². The molecule has 19 heavy (non-hydrogen) atoms. The van der Waals surface area contributed by atoms with Crippen LogP contribution in [0.3, 0.4) is 0 Å². The van der Waals surface area contributed by atoms with Gasteiger partial charge < -0.3 is 5.32 Å². The molecule has 3 rings (SSSR count). The van der Waals surface area contributed by atoms with Gasteiger partial charge in [0.25, 0.3) is 5.91 Å². The molecule has 3 aromatic rings. The molecule has 5 heteroatoms. The van der Waals surface area contributed by atoms with Crippen molar-refractivity contribution in [2.24, 2.45) is 0 Å². The number of hydrogen-bond donors (Lipinski definition) is 1. The van der Waals surface area contributed by atoms with Crippen LogP contribution in [0.15, 0.2) is 35.7 Å². The number of aryl methyl sites for hydroxylation is 1. The summed E-state index contributed by atoms with van der Waals surface area (Å²) < 4.78 is 3.50. The lowest BCUT2D eigenvalue weighted by molar-refractivity contribution is 0.103. The van der Waals surface area contributed by atoms with Crippen LogP contribution in [-0.2, 0) is 0 Å². The quantitative estimate of drug-likeness (QED) is 0.595. The smallest absolute Gasteiger partial charge is 0.265 e. The first kappa shape index (κ1) is 13.1. The third-order valence-electron chi connectivity index (χ3n) is 2.79. The van der Waals surface area contributed by atoms with Gasteiger partial charge in [0.15, 0.2) is 0 Å². The van der Waals surface area contributed by atoms with Crippen LogP contribution >= 0.6 is 45.3 Å². The van der Waals surface area contributed by atoms with E-state index in [4.69, 9.17) is 0 Å². The van der Waals surface area contributed by atoms with Gasteiger partial charge in [-0.05, 0) is 64.7 Å². The lowest BCUT2D eigenvalue weighted by Gasteiger charge is -2.05. The average molecular weight is 399 g/mol. The topological polar surface area (TPSA) is 29.1 Å². The van der Waals surface area contributed by atoms with Gasteiger partial charge in [0.2, 0.25) is 0 Å². The van der Waals surface area contributed by atoms with E-state index in [-0.39, 0.29) is 5.91 Å². The molecule has 0 aliphatic rings. The standard InChI is InChI=1S/C14H10INOS2/c1-8-2-3-9(6-10(8)15)16-14(17)13-7-12-11(19-13)4-5-18-12/h2-7H,1H3,(H,16,17). The zero-order valence-corrected chi connectivity index (χ0v) is 13.9. The minimum Gasteiger partial charge on any atom is -0.321 e. The molecule has 0 aliphatic heterocycles. The largest absolute Gasteiger partial charge is 0.321 e. The SMILES string of the molecule is Cc1ccc(NC(=O)c2cc3sccc3s2)cc1I. The zero-order valence-electron chi connectivity index (χ0n) is 10.1. The van der Waals surface area contributed by atoms with Crippen LogP contribution in [0.4, 0.5) is 5.69 Å². The molecule has 0 bridgehead atoms. The fourth-order valence-corrected chi connectivity index (χ4v) is 4.26. The minimum absolute atomic E-state index is 0.0342. The van der Waals surface area contributed by atoms with E-state index in [1.54, 1.807) is 11.3 Å². The highest BCUT2D eigenvalue weighted by atomic mass is 127. The molecule has 0 unspecified atom stereocenters. The molecule has 96 valence electrons. The van der Waals surface area contributed by atoms with Crippen molar-refractivity contribution in [3.63, 3.8) is 0 Å². The number of halogens is 1. The molecule has 0 fully saturated rings. The predicted molar refractivity (Wildman–Crippen MR) is 91.6 cm³/mol. The maximum atomic E-state index is 12.2. The Balaban J connectivity index is 1.84. The van der Waals surface area contributed by atoms with Crippen molar-refractivity contribution in [1.29, 1.82) is 0 Å². The number of anilines is 1. The molecule has 2 heterocycles. The first-order valence-corrected chi connectivity index (χ1v) is 8.45. The highest BCUT2D eigenvalue weighted by Gasteiger charge is 2.11. The van der Waals surface area contributed by atoms with Crippen LogP contribution in [0.1, 0.15) is 15.2 Å². The van der Waals surface area contributed by atoms with Crippen LogP contribution in [0.2, 0.25) is 0 Å². The van der Waals surface area contributed by atoms with E-state index < -0.39 is 0 Å². The highest BCUT2D eigenvalue weighted by molar-refractivity contribution is 14.1. The van der Waals surface area contributed by atoms with Crippen molar-refractivity contribution in [3.8, 4) is 0 Å². The molecule has 0 saturated carbocycles. The van der Waals surface area contributed by atoms with Gasteiger partial charge in [-0.15, -0.1) is 22.7 Å². The number of fused-ring (bicyclic) bond motifs is 1. The molecule has 2 aromatic heterocycles. The van der Waals surface area contributed by atoms with Crippen LogP contribution < -0.4 is 5.32 Å². The van der Waals surface area contributed by atoms with Crippen LogP contribution in [0.25, 0.3) is 9.40 Å². The maximum Gasteiger partial charge on any atom is 0.265 e. The lowest BCUT2D eigenvalue weighted by atomic mass is 10.2. The fourth-order valence-electron chi connectivity index (χ4n) is 1.74. The Morgan fingerprint density at radius 2 is 2.05 bits per heavy atom. The lowest BCUT2D eigenvalue weighted by Crippen LogP contribution is -2.10. The second-order valence-corrected chi connectivity index (χ2v) is 7.37. The molecule has 2 nitrogen and oxygen atoms in total. The molecule has 0 spiro atoms. The van der Waals surface area contributed by atoms with Crippen molar-refractivity contribution in [2.45, 2.75) is 6.92 Å². The van der Waals surface area contributed by atoms with Gasteiger partial charge in [0, 0.05) is 18.7 Å². The number of carbonyl (C=O) groups is 1. The summed E-state index contributed by atoms with van der Waals surface area (Å²) in [5, 5.41) is 5.00. The van der Waals surface area contributed by atoms with Crippen molar-refractivity contribution in [3.05, 3.63) is 49.7 Å². The molecule has 0 radical (unpaired) electrons. The summed E-state index contributed by atoms with van der Waals surface area (Å²) in [5.74, 6) is -0.0342. The van der Waals surface area contributed by atoms with Gasteiger partial charge >= 0.3 is 0 Å². The summed E-state index contributed by atoms with van der Waals surface area (Å²) in [6, 6.07) is 9.95. The van der Waals surface area contributed by atoms with Crippen molar-refractivity contribution < 1.29 is 4.79 Å². The Hall–Kier alpha value is -0.920. The Morgan fingerprint density at radius 3 is 2.79 bits per heavy atom. The Kier molecular flexibility index (Phi) is 3.60. The number of hydrogen-bond acceptors (Lipinski definition) is 3. The van der Waals surface area contributed by atoms with E-state index in [0.29, 0.717) is 0 Å². The van der Waals surface area contributed by atoms with Crippen molar-refractivity contribution >= 4 is 66.3 Å². The zero-order chi connectivity index (χ0) is 13.4. The van der Waals surface area contributed by atoms with Crippen molar-refractivity contribution in [1.82, 2.24) is 0 Å². The van der Waals surface area contributed by atoms with Crippen molar-refractivity contribution in [2.75, 3.05) is 5.32 Å². The summed E-state index contributed by atoms with van der Waals surface area (Å²) >= 11 is 5.48. The fraction of sp³-hybridized carbons (Fsp3) is 0.0714. The molecule has 0 saturated heterocycles. The first-order valence-electron chi connectivity index (χ1n) is 5.68. The van der Waals surface area contributed by atoms with Gasteiger partial charge in [-0.2, -0.15) is 0 Å². The van der Waals surface area contributed by atoms with Crippen LogP contribution in [0.5, 0.6) is 0 Å². The second-order valence-electron chi connectivity index (χ2n) is 4.18. The number of amides is 1. The maximum absolute atomic E-state index is 12.2. The van der Waals surface area contributed by atoms with E-state index in [2.05, 4.69) is 40.9 Å². The minimum atomic E-state index is -0.0342. The van der Waals surface area contributed by atoms with E-state index in [1.165, 1.54) is 26.3 Å². The third kappa shape index (κ3) is 2.68. The van der Waals surface area contributed by atoms with Gasteiger partial charge in [-0.25, -0.2) is 0 Å². The molecule has 1 amide bonds. The van der Waals surface area contributed by atoms with E-state index in [0.717, 1.165) is 14.1 Å². The number of rotatable bonds is 2. The van der Waals surface area contributed by atoms with Gasteiger partial charge in [0.05, 0.1) is 4.88 Å². The number of thiophene rings is 2.